The van der Waals surface area contributed by atoms with Crippen LogP contribution in [0, 0.1) is 0 Å². The molecule has 10 heteroatoms. The van der Waals surface area contributed by atoms with Crippen LogP contribution in [0.3, 0.4) is 0 Å². The maximum atomic E-state index is 9.10. The predicted octanol–water partition coefficient (Wildman–Crippen LogP) is -2.14. The first-order chi connectivity index (χ1) is 5.47. The lowest BCUT2D eigenvalue weighted by Gasteiger charge is -1.72. The van der Waals surface area contributed by atoms with Gasteiger partial charge in [-0.3, -0.25) is 20.8 Å². The first-order valence-corrected chi connectivity index (χ1v) is 2.00. The van der Waals surface area contributed by atoms with Gasteiger partial charge in [-0.15, -0.1) is 0 Å². The Morgan fingerprint density at radius 2 is 0.833 bits per heavy atom. The highest BCUT2D eigenvalue weighted by Gasteiger charge is 2.04. The molecule has 0 aromatic heterocycles. The molecule has 0 bridgehead atoms. The van der Waals surface area contributed by atoms with Gasteiger partial charge in [0.2, 0.25) is 0 Å². The molecule has 0 fully saturated rings. The maximum absolute atomic E-state index is 9.10. The maximum Gasteiger partial charge on any atom is 0.414 e. The summed E-state index contributed by atoms with van der Waals surface area (Å²) in [4.78, 5) is 18.2. The zero-order valence-corrected chi connectivity index (χ0v) is 5.50. The van der Waals surface area contributed by atoms with Crippen LogP contribution in [-0.2, 0) is 9.59 Å². The quantitative estimate of drug-likeness (QED) is 0.154. The van der Waals surface area contributed by atoms with E-state index in [1.165, 1.54) is 0 Å². The van der Waals surface area contributed by atoms with Gasteiger partial charge in [0.15, 0.2) is 0 Å². The highest BCUT2D eigenvalue weighted by molar-refractivity contribution is 6.27. The van der Waals surface area contributed by atoms with Crippen LogP contribution >= 0.6 is 0 Å². The number of hydrogen-bond acceptors (Lipinski definition) is 8. The van der Waals surface area contributed by atoms with Crippen LogP contribution in [0.15, 0.2) is 0 Å². The second-order valence-electron chi connectivity index (χ2n) is 0.810. The molecule has 0 rings (SSSR count). The molecule has 0 aromatic carbocycles. The SMILES string of the molecule is O=C(O)C(=O)O.ONO.ONO. The summed E-state index contributed by atoms with van der Waals surface area (Å²) in [6, 6.07) is 0. The molecule has 8 N–H and O–H groups in total. The molecule has 0 aliphatic heterocycles. The van der Waals surface area contributed by atoms with E-state index in [1.54, 1.807) is 0 Å². The van der Waals surface area contributed by atoms with Crippen LogP contribution in [0.25, 0.3) is 0 Å². The molecule has 0 heterocycles. The minimum Gasteiger partial charge on any atom is -0.473 e. The Bertz CT molecular complexity index is 99.6. The van der Waals surface area contributed by atoms with E-state index in [0.717, 1.165) is 11.3 Å². The molecule has 0 spiro atoms. The van der Waals surface area contributed by atoms with Crippen LogP contribution in [0.1, 0.15) is 0 Å². The average Bonchev–Trinajstić information content (AvgIpc) is 1.90. The summed E-state index contributed by atoms with van der Waals surface area (Å²) in [5, 5.41) is 42.3. The zero-order valence-electron chi connectivity index (χ0n) is 5.50. The fourth-order valence-electron chi connectivity index (χ4n) is 0. The predicted molar refractivity (Wildman–Crippen MR) is 28.7 cm³/mol. The average molecular weight is 188 g/mol. The lowest BCUT2D eigenvalue weighted by atomic mass is 10.7. The van der Waals surface area contributed by atoms with Gasteiger partial charge >= 0.3 is 11.9 Å². The number of carboxylic acids is 2. The number of carbonyl (C=O) groups is 2. The van der Waals surface area contributed by atoms with E-state index >= 15 is 0 Å². The van der Waals surface area contributed by atoms with Crippen molar-refractivity contribution in [3.8, 4) is 0 Å². The van der Waals surface area contributed by atoms with Crippen LogP contribution in [0.5, 0.6) is 0 Å². The molecule has 0 atom stereocenters. The highest BCUT2D eigenvalue weighted by atomic mass is 16.7. The third kappa shape index (κ3) is 70.8. The molecule has 0 unspecified atom stereocenters. The molecular formula is C2H8N2O8. The zero-order chi connectivity index (χ0) is 10.6. The van der Waals surface area contributed by atoms with Crippen molar-refractivity contribution >= 4 is 11.9 Å². The smallest absolute Gasteiger partial charge is 0.414 e. The van der Waals surface area contributed by atoms with Crippen LogP contribution in [0.2, 0.25) is 0 Å². The fourth-order valence-corrected chi connectivity index (χ4v) is 0. The van der Waals surface area contributed by atoms with E-state index in [4.69, 9.17) is 40.6 Å². The van der Waals surface area contributed by atoms with Gasteiger partial charge in [-0.25, -0.2) is 9.59 Å². The molecule has 0 amide bonds. The van der Waals surface area contributed by atoms with Gasteiger partial charge in [0.1, 0.15) is 0 Å². The fraction of sp³-hybridized carbons (Fsp3) is 0. The van der Waals surface area contributed by atoms with E-state index in [2.05, 4.69) is 0 Å². The van der Waals surface area contributed by atoms with E-state index in [0.29, 0.717) is 0 Å². The van der Waals surface area contributed by atoms with Gasteiger partial charge < -0.3 is 10.2 Å². The van der Waals surface area contributed by atoms with Crippen molar-refractivity contribution in [2.75, 3.05) is 0 Å². The van der Waals surface area contributed by atoms with Gasteiger partial charge in [0.25, 0.3) is 0 Å². The summed E-state index contributed by atoms with van der Waals surface area (Å²) in [6.45, 7) is 0. The standard InChI is InChI=1S/C2H2O4.2H3NO2/c3-1(4)2(5)6;2*2-1-3/h(H,3,4)(H,5,6);2*1-3H. The second-order valence-corrected chi connectivity index (χ2v) is 0.810. The molecule has 10 nitrogen and oxygen atoms in total. The summed E-state index contributed by atoms with van der Waals surface area (Å²) in [6.07, 6.45) is 0. The summed E-state index contributed by atoms with van der Waals surface area (Å²) in [5.74, 6) is -3.65. The third-order valence-corrected chi connectivity index (χ3v) is 0.183. The van der Waals surface area contributed by atoms with E-state index in [1.807, 2.05) is 0 Å². The van der Waals surface area contributed by atoms with Crippen molar-refractivity contribution in [3.63, 3.8) is 0 Å². The van der Waals surface area contributed by atoms with Crippen molar-refractivity contribution in [1.82, 2.24) is 11.3 Å². The number of rotatable bonds is 0. The Morgan fingerprint density at radius 1 is 0.750 bits per heavy atom. The van der Waals surface area contributed by atoms with Crippen LogP contribution in [-0.4, -0.2) is 43.0 Å². The number of carboxylic acid groups (broad SMARTS) is 2. The molecule has 74 valence electrons. The summed E-state index contributed by atoms with van der Waals surface area (Å²) in [7, 11) is 0. The van der Waals surface area contributed by atoms with Crippen LogP contribution in [0.4, 0.5) is 0 Å². The van der Waals surface area contributed by atoms with Gasteiger partial charge in [-0.2, -0.15) is 0 Å². The van der Waals surface area contributed by atoms with Crippen molar-refractivity contribution in [3.05, 3.63) is 0 Å². The molecule has 0 aliphatic carbocycles. The molecule has 0 saturated heterocycles. The third-order valence-electron chi connectivity index (χ3n) is 0.183. The molecule has 0 aliphatic rings. The van der Waals surface area contributed by atoms with E-state index < -0.39 is 11.9 Å². The van der Waals surface area contributed by atoms with Crippen molar-refractivity contribution < 1.29 is 40.6 Å². The van der Waals surface area contributed by atoms with E-state index in [9.17, 15) is 0 Å². The lowest BCUT2D eigenvalue weighted by molar-refractivity contribution is -0.159. The van der Waals surface area contributed by atoms with Crippen molar-refractivity contribution in [2.45, 2.75) is 0 Å². The summed E-state index contributed by atoms with van der Waals surface area (Å²) < 4.78 is 0. The largest absolute Gasteiger partial charge is 0.473 e. The number of nitrogens with one attached hydrogen (secondary N) is 2. The van der Waals surface area contributed by atoms with Crippen LogP contribution < -0.4 is 11.3 Å². The minimum absolute atomic E-state index is 0.750. The normalized spacial score (nSPS) is 6.67. The first-order valence-electron chi connectivity index (χ1n) is 2.00. The van der Waals surface area contributed by atoms with Gasteiger partial charge in [0, 0.05) is 0 Å². The molecule has 0 aromatic rings. The molecule has 12 heavy (non-hydrogen) atoms. The Balaban J connectivity index is -0.000000115. The minimum atomic E-state index is -1.82. The highest BCUT2D eigenvalue weighted by Crippen LogP contribution is 1.56. The monoisotopic (exact) mass is 188 g/mol. The Morgan fingerprint density at radius 3 is 0.833 bits per heavy atom. The molecule has 0 saturated carbocycles. The summed E-state index contributed by atoms with van der Waals surface area (Å²) in [5.41, 5.74) is 1.50. The Hall–Kier alpha value is -1.30. The van der Waals surface area contributed by atoms with E-state index in [-0.39, 0.29) is 0 Å². The first kappa shape index (κ1) is 17.0. The Kier molecular flexibility index (Phi) is 23.1. The lowest BCUT2D eigenvalue weighted by Crippen LogP contribution is -2.09. The number of hydrogen-bond donors (Lipinski definition) is 8. The van der Waals surface area contributed by atoms with Gasteiger partial charge in [-0.1, -0.05) is 11.3 Å². The van der Waals surface area contributed by atoms with Gasteiger partial charge in [-0.05, 0) is 0 Å². The second kappa shape index (κ2) is 16.4. The van der Waals surface area contributed by atoms with Crippen molar-refractivity contribution in [2.24, 2.45) is 0 Å². The topological polar surface area (TPSA) is 180 Å². The number of aliphatic carboxylic acids is 2. The molecule has 0 radical (unpaired) electrons. The molecular weight excluding hydrogens is 180 g/mol. The van der Waals surface area contributed by atoms with Crippen molar-refractivity contribution in [1.29, 1.82) is 0 Å². The van der Waals surface area contributed by atoms with Gasteiger partial charge in [0.05, 0.1) is 0 Å². The Labute approximate surface area is 65.1 Å². The summed E-state index contributed by atoms with van der Waals surface area (Å²) >= 11 is 0.